The van der Waals surface area contributed by atoms with Crippen LogP contribution in [0, 0.1) is 0 Å². The lowest BCUT2D eigenvalue weighted by Gasteiger charge is -2.22. The molecule has 0 radical (unpaired) electrons. The first-order valence-corrected chi connectivity index (χ1v) is 5.31. The number of nitrogens with zero attached hydrogens (tertiary/aromatic N) is 2. The molecule has 1 unspecified atom stereocenters. The maximum Gasteiger partial charge on any atom is 0.271 e. The van der Waals surface area contributed by atoms with E-state index >= 15 is 0 Å². The highest BCUT2D eigenvalue weighted by Crippen LogP contribution is 2.00. The number of nitrogens with two attached hydrogens (primary N) is 1. The molecule has 1 saturated heterocycles. The Balaban J connectivity index is 1.82. The van der Waals surface area contributed by atoms with Crippen LogP contribution in [0.4, 0.5) is 5.82 Å². The maximum atomic E-state index is 11.6. The zero-order valence-corrected chi connectivity index (χ0v) is 9.26. The number of aromatic nitrogens is 2. The molecule has 1 aliphatic heterocycles. The van der Waals surface area contributed by atoms with Crippen molar-refractivity contribution in [1.82, 2.24) is 15.3 Å². The molecule has 2 heterocycles. The summed E-state index contributed by atoms with van der Waals surface area (Å²) in [5.41, 5.74) is 5.61. The van der Waals surface area contributed by atoms with E-state index in [-0.39, 0.29) is 23.5 Å². The second kappa shape index (κ2) is 5.55. The zero-order valence-electron chi connectivity index (χ0n) is 9.26. The van der Waals surface area contributed by atoms with E-state index < -0.39 is 0 Å². The highest BCUT2D eigenvalue weighted by Gasteiger charge is 2.16. The summed E-state index contributed by atoms with van der Waals surface area (Å²) in [6.07, 6.45) is 2.58. The van der Waals surface area contributed by atoms with Gasteiger partial charge < -0.3 is 20.5 Å². The first kappa shape index (κ1) is 11.7. The molecule has 1 amide bonds. The summed E-state index contributed by atoms with van der Waals surface area (Å²) in [6, 6.07) is 0. The number of anilines is 1. The zero-order chi connectivity index (χ0) is 12.1. The van der Waals surface area contributed by atoms with E-state index in [0.717, 1.165) is 0 Å². The van der Waals surface area contributed by atoms with Crippen molar-refractivity contribution in [2.24, 2.45) is 0 Å². The Morgan fingerprint density at radius 3 is 3.00 bits per heavy atom. The molecular formula is C10H14N4O3. The molecule has 2 rings (SSSR count). The second-order valence-corrected chi connectivity index (χ2v) is 3.60. The van der Waals surface area contributed by atoms with Gasteiger partial charge in [0.1, 0.15) is 11.5 Å². The topological polar surface area (TPSA) is 99.4 Å². The maximum absolute atomic E-state index is 11.6. The molecule has 17 heavy (non-hydrogen) atoms. The predicted molar refractivity (Wildman–Crippen MR) is 59.3 cm³/mol. The summed E-state index contributed by atoms with van der Waals surface area (Å²) in [6.45, 7) is 2.05. The van der Waals surface area contributed by atoms with Gasteiger partial charge in [0.2, 0.25) is 0 Å². The van der Waals surface area contributed by atoms with Gasteiger partial charge in [-0.05, 0) is 0 Å². The van der Waals surface area contributed by atoms with E-state index in [9.17, 15) is 4.79 Å². The standard InChI is InChI=1S/C10H14N4O3/c11-9-5-12-8(4-13-9)10(15)14-3-7-6-16-1-2-17-7/h4-5,7H,1-3,6H2,(H2,11,13)(H,14,15). The van der Waals surface area contributed by atoms with Gasteiger partial charge >= 0.3 is 0 Å². The molecule has 3 N–H and O–H groups in total. The van der Waals surface area contributed by atoms with Crippen LogP contribution in [0.15, 0.2) is 12.4 Å². The van der Waals surface area contributed by atoms with E-state index in [1.165, 1.54) is 12.4 Å². The van der Waals surface area contributed by atoms with Crippen LogP contribution in [-0.4, -0.2) is 48.3 Å². The third kappa shape index (κ3) is 3.36. The number of amides is 1. The average molecular weight is 238 g/mol. The SMILES string of the molecule is Nc1cnc(C(=O)NCC2COCCO2)cn1. The summed E-state index contributed by atoms with van der Waals surface area (Å²) >= 11 is 0. The molecule has 0 aliphatic carbocycles. The third-order valence-corrected chi connectivity index (χ3v) is 2.28. The molecule has 1 atom stereocenters. The number of nitrogens with one attached hydrogen (secondary N) is 1. The van der Waals surface area contributed by atoms with Crippen molar-refractivity contribution in [2.75, 3.05) is 32.1 Å². The number of nitrogen functional groups attached to an aromatic ring is 1. The average Bonchev–Trinajstić information content (AvgIpc) is 2.38. The normalized spacial score (nSPS) is 19.9. The van der Waals surface area contributed by atoms with E-state index in [0.29, 0.717) is 26.4 Å². The first-order valence-electron chi connectivity index (χ1n) is 5.31. The lowest BCUT2D eigenvalue weighted by molar-refractivity contribution is -0.0855. The number of carbonyl (C=O) groups is 1. The van der Waals surface area contributed by atoms with E-state index in [4.69, 9.17) is 15.2 Å². The van der Waals surface area contributed by atoms with Crippen molar-refractivity contribution in [3.63, 3.8) is 0 Å². The minimum absolute atomic E-state index is 0.102. The van der Waals surface area contributed by atoms with Gasteiger partial charge in [0.05, 0.1) is 38.3 Å². The molecule has 0 aromatic carbocycles. The molecule has 92 valence electrons. The van der Waals surface area contributed by atoms with Crippen molar-refractivity contribution in [1.29, 1.82) is 0 Å². The fourth-order valence-electron chi connectivity index (χ4n) is 1.41. The molecule has 0 spiro atoms. The van der Waals surface area contributed by atoms with Gasteiger partial charge in [-0.15, -0.1) is 0 Å². The van der Waals surface area contributed by atoms with E-state index in [2.05, 4.69) is 15.3 Å². The molecule has 1 fully saturated rings. The van der Waals surface area contributed by atoms with Gasteiger partial charge in [-0.1, -0.05) is 0 Å². The van der Waals surface area contributed by atoms with Crippen molar-refractivity contribution < 1.29 is 14.3 Å². The number of ether oxygens (including phenoxy) is 2. The van der Waals surface area contributed by atoms with Gasteiger partial charge in [0.15, 0.2) is 0 Å². The smallest absolute Gasteiger partial charge is 0.271 e. The Morgan fingerprint density at radius 1 is 1.47 bits per heavy atom. The van der Waals surface area contributed by atoms with Crippen LogP contribution in [0.1, 0.15) is 10.5 Å². The van der Waals surface area contributed by atoms with Gasteiger partial charge in [0.25, 0.3) is 5.91 Å². The van der Waals surface area contributed by atoms with Crippen molar-refractivity contribution in [2.45, 2.75) is 6.10 Å². The highest BCUT2D eigenvalue weighted by atomic mass is 16.6. The van der Waals surface area contributed by atoms with E-state index in [1.807, 2.05) is 0 Å². The largest absolute Gasteiger partial charge is 0.382 e. The lowest BCUT2D eigenvalue weighted by atomic mass is 10.3. The van der Waals surface area contributed by atoms with Crippen LogP contribution in [0.2, 0.25) is 0 Å². The fourth-order valence-corrected chi connectivity index (χ4v) is 1.41. The molecule has 0 bridgehead atoms. The molecule has 7 heteroatoms. The summed E-state index contributed by atoms with van der Waals surface area (Å²) in [7, 11) is 0. The molecule has 0 saturated carbocycles. The molecular weight excluding hydrogens is 224 g/mol. The Labute approximate surface area is 98.3 Å². The Hall–Kier alpha value is -1.73. The van der Waals surface area contributed by atoms with Crippen molar-refractivity contribution in [3.05, 3.63) is 18.1 Å². The molecule has 1 aromatic rings. The van der Waals surface area contributed by atoms with Gasteiger partial charge in [-0.2, -0.15) is 0 Å². The quantitative estimate of drug-likeness (QED) is 0.715. The third-order valence-electron chi connectivity index (χ3n) is 2.28. The molecule has 1 aromatic heterocycles. The first-order chi connectivity index (χ1) is 8.25. The predicted octanol–water partition coefficient (Wildman–Crippen LogP) is -0.796. The van der Waals surface area contributed by atoms with Crippen molar-refractivity contribution in [3.8, 4) is 0 Å². The minimum atomic E-state index is -0.299. The van der Waals surface area contributed by atoms with E-state index in [1.54, 1.807) is 0 Å². The van der Waals surface area contributed by atoms with Crippen LogP contribution in [0.5, 0.6) is 0 Å². The van der Waals surface area contributed by atoms with Crippen LogP contribution in [0.25, 0.3) is 0 Å². The van der Waals surface area contributed by atoms with Crippen LogP contribution in [0.3, 0.4) is 0 Å². The molecule has 7 nitrogen and oxygen atoms in total. The van der Waals surface area contributed by atoms with Crippen LogP contribution in [-0.2, 0) is 9.47 Å². The number of hydrogen-bond acceptors (Lipinski definition) is 6. The Morgan fingerprint density at radius 2 is 2.35 bits per heavy atom. The number of hydrogen-bond donors (Lipinski definition) is 2. The van der Waals surface area contributed by atoms with Crippen molar-refractivity contribution >= 4 is 11.7 Å². The highest BCUT2D eigenvalue weighted by molar-refractivity contribution is 5.91. The van der Waals surface area contributed by atoms with Gasteiger partial charge in [-0.25, -0.2) is 9.97 Å². The molecule has 1 aliphatic rings. The Bertz CT molecular complexity index is 376. The summed E-state index contributed by atoms with van der Waals surface area (Å²) in [5.74, 6) is -0.0164. The summed E-state index contributed by atoms with van der Waals surface area (Å²) in [5, 5.41) is 2.70. The second-order valence-electron chi connectivity index (χ2n) is 3.60. The fraction of sp³-hybridized carbons (Fsp3) is 0.500. The monoisotopic (exact) mass is 238 g/mol. The lowest BCUT2D eigenvalue weighted by Crippen LogP contribution is -2.39. The number of rotatable bonds is 3. The van der Waals surface area contributed by atoms with Crippen LogP contribution >= 0.6 is 0 Å². The van der Waals surface area contributed by atoms with Crippen LogP contribution < -0.4 is 11.1 Å². The summed E-state index contributed by atoms with van der Waals surface area (Å²) < 4.78 is 10.6. The Kier molecular flexibility index (Phi) is 3.84. The number of carbonyl (C=O) groups excluding carboxylic acids is 1. The minimum Gasteiger partial charge on any atom is -0.382 e. The summed E-state index contributed by atoms with van der Waals surface area (Å²) in [4.78, 5) is 19.3. The van der Waals surface area contributed by atoms with Gasteiger partial charge in [0, 0.05) is 6.54 Å². The van der Waals surface area contributed by atoms with Gasteiger partial charge in [-0.3, -0.25) is 4.79 Å².